The Morgan fingerprint density at radius 1 is 1.02 bits per heavy atom. The first-order chi connectivity index (χ1) is 22.5. The van der Waals surface area contributed by atoms with Crippen LogP contribution in [-0.2, 0) is 4.79 Å². The Labute approximate surface area is 285 Å². The summed E-state index contributed by atoms with van der Waals surface area (Å²) in [6.07, 6.45) is 5.33. The molecule has 2 aromatic carbocycles. The second-order valence-corrected chi connectivity index (χ2v) is 12.7. The van der Waals surface area contributed by atoms with E-state index in [0.29, 0.717) is 39.8 Å². The maximum Gasteiger partial charge on any atom is 0.327 e. The molecule has 2 aliphatic heterocycles. The number of amides is 3. The molecule has 2 fully saturated rings. The molecule has 3 amide bonds. The molecule has 13 heteroatoms. The first kappa shape index (κ1) is 34.2. The zero-order valence-corrected chi connectivity index (χ0v) is 28.9. The quantitative estimate of drug-likeness (QED) is 0.193. The molecular weight excluding hydrogens is 641 g/mol. The number of ether oxygens (including phenoxy) is 2. The van der Waals surface area contributed by atoms with Crippen molar-refractivity contribution in [1.82, 2.24) is 9.88 Å². The van der Waals surface area contributed by atoms with E-state index < -0.39 is 6.03 Å². The van der Waals surface area contributed by atoms with Crippen molar-refractivity contribution in [2.75, 3.05) is 79.7 Å². The van der Waals surface area contributed by atoms with E-state index in [4.69, 9.17) is 32.7 Å². The van der Waals surface area contributed by atoms with Gasteiger partial charge >= 0.3 is 6.03 Å². The molecule has 0 atom stereocenters. The van der Waals surface area contributed by atoms with Crippen LogP contribution in [0.5, 0.6) is 11.5 Å². The van der Waals surface area contributed by atoms with E-state index in [1.54, 1.807) is 25.4 Å². The Hall–Kier alpha value is -4.19. The lowest BCUT2D eigenvalue weighted by molar-refractivity contribution is -0.111. The van der Waals surface area contributed by atoms with E-state index in [-0.39, 0.29) is 21.6 Å². The minimum atomic E-state index is -0.539. The lowest BCUT2D eigenvalue weighted by Gasteiger charge is -2.55. The van der Waals surface area contributed by atoms with E-state index in [0.717, 1.165) is 44.0 Å². The number of rotatable bonds is 10. The first-order valence-corrected chi connectivity index (χ1v) is 16.2. The fourth-order valence-electron chi connectivity index (χ4n) is 6.00. The summed E-state index contributed by atoms with van der Waals surface area (Å²) in [5.41, 5.74) is 4.40. The van der Waals surface area contributed by atoms with Crippen LogP contribution < -0.4 is 35.2 Å². The van der Waals surface area contributed by atoms with E-state index in [1.165, 1.54) is 38.0 Å². The summed E-state index contributed by atoms with van der Waals surface area (Å²) in [7, 11) is 4.49. The number of pyridine rings is 1. The monoisotopic (exact) mass is 681 g/mol. The van der Waals surface area contributed by atoms with Gasteiger partial charge in [-0.1, -0.05) is 36.7 Å². The van der Waals surface area contributed by atoms with Crippen LogP contribution in [0.3, 0.4) is 0 Å². The van der Waals surface area contributed by atoms with Crippen LogP contribution in [-0.4, -0.2) is 75.8 Å². The van der Waals surface area contributed by atoms with E-state index >= 15 is 0 Å². The molecule has 5 rings (SSSR count). The van der Waals surface area contributed by atoms with Gasteiger partial charge in [0.1, 0.15) is 27.4 Å². The molecule has 250 valence electrons. The van der Waals surface area contributed by atoms with Gasteiger partial charge in [-0.25, -0.2) is 9.78 Å². The zero-order chi connectivity index (χ0) is 33.9. The van der Waals surface area contributed by atoms with Gasteiger partial charge in [-0.15, -0.1) is 0 Å². The summed E-state index contributed by atoms with van der Waals surface area (Å²) in [5, 5.41) is 9.38. The van der Waals surface area contributed by atoms with Crippen molar-refractivity contribution in [3.63, 3.8) is 0 Å². The molecule has 47 heavy (non-hydrogen) atoms. The molecule has 3 aromatic rings. The number of halogens is 2. The van der Waals surface area contributed by atoms with Crippen molar-refractivity contribution >= 4 is 69.4 Å². The number of benzene rings is 2. The van der Waals surface area contributed by atoms with Crippen molar-refractivity contribution in [3.05, 3.63) is 64.8 Å². The highest BCUT2D eigenvalue weighted by molar-refractivity contribution is 6.41. The third kappa shape index (κ3) is 7.22. The van der Waals surface area contributed by atoms with E-state index in [9.17, 15) is 9.59 Å². The van der Waals surface area contributed by atoms with Crippen molar-refractivity contribution in [2.24, 2.45) is 5.41 Å². The van der Waals surface area contributed by atoms with Crippen LogP contribution in [0.2, 0.25) is 10.0 Å². The second kappa shape index (κ2) is 14.3. The van der Waals surface area contributed by atoms with Crippen LogP contribution in [0.15, 0.2) is 49.2 Å². The topological polar surface area (TPSA) is 111 Å². The summed E-state index contributed by atoms with van der Waals surface area (Å²) < 4.78 is 10.6. The molecule has 0 radical (unpaired) electrons. The van der Waals surface area contributed by atoms with Gasteiger partial charge in [0, 0.05) is 55.3 Å². The number of carbonyl (C=O) groups excluding carboxylic acids is 2. The predicted molar refractivity (Wildman–Crippen MR) is 191 cm³/mol. The smallest absolute Gasteiger partial charge is 0.327 e. The van der Waals surface area contributed by atoms with Gasteiger partial charge in [-0.3, -0.25) is 9.69 Å². The maximum absolute atomic E-state index is 13.4. The van der Waals surface area contributed by atoms with Gasteiger partial charge in [-0.2, -0.15) is 0 Å². The van der Waals surface area contributed by atoms with Gasteiger partial charge in [0.15, 0.2) is 0 Å². The predicted octanol–water partition coefficient (Wildman–Crippen LogP) is 7.17. The largest absolute Gasteiger partial charge is 0.495 e. The molecule has 3 N–H and O–H groups in total. The molecule has 0 saturated carbocycles. The number of hydrogen-bond donors (Lipinski definition) is 3. The van der Waals surface area contributed by atoms with Gasteiger partial charge in [-0.05, 0) is 69.2 Å². The van der Waals surface area contributed by atoms with Crippen LogP contribution in [0, 0.1) is 12.3 Å². The molecule has 2 aliphatic rings. The Morgan fingerprint density at radius 2 is 1.68 bits per heavy atom. The van der Waals surface area contributed by atoms with Gasteiger partial charge in [0.2, 0.25) is 5.91 Å². The standard InChI is InChI=1S/C34H41Cl2N7O4/c1-7-29(44)39-25-15-22(43-19-34(20-43)11-13-42(8-2)14-12-34)9-10-23(25)38-24-16-28(37-18-21(24)3)41(4)33(45)40-32-30(35)26(46-5)17-27(47-6)31(32)36/h7,9-10,15-18H,1,8,11-14,19-20H2,2-6H3,(H,37,38)(H,39,44)(H,40,45). The highest BCUT2D eigenvalue weighted by Crippen LogP contribution is 2.45. The van der Waals surface area contributed by atoms with Crippen molar-refractivity contribution in [2.45, 2.75) is 26.7 Å². The summed E-state index contributed by atoms with van der Waals surface area (Å²) in [6, 6.07) is 8.76. The van der Waals surface area contributed by atoms with Crippen molar-refractivity contribution in [3.8, 4) is 11.5 Å². The molecule has 1 spiro atoms. The summed E-state index contributed by atoms with van der Waals surface area (Å²) in [5.74, 6) is 0.627. The number of aromatic nitrogens is 1. The highest BCUT2D eigenvalue weighted by atomic mass is 35.5. The van der Waals surface area contributed by atoms with Gasteiger partial charge in [0.25, 0.3) is 0 Å². The summed E-state index contributed by atoms with van der Waals surface area (Å²) in [6.45, 7) is 13.2. The maximum atomic E-state index is 13.4. The fourth-order valence-corrected chi connectivity index (χ4v) is 6.59. The number of anilines is 6. The number of nitrogens with zero attached hydrogens (tertiary/aromatic N) is 4. The minimum absolute atomic E-state index is 0.132. The molecule has 1 aromatic heterocycles. The van der Waals surface area contributed by atoms with E-state index in [2.05, 4.69) is 50.3 Å². The third-order valence-corrected chi connectivity index (χ3v) is 9.79. The Bertz CT molecular complexity index is 1640. The Kier molecular flexibility index (Phi) is 10.4. The lowest BCUT2D eigenvalue weighted by Crippen LogP contribution is -2.60. The SMILES string of the molecule is C=CC(=O)Nc1cc(N2CC3(CCN(CC)CC3)C2)ccc1Nc1cc(N(C)C(=O)Nc2c(Cl)c(OC)cc(OC)c2Cl)ncc1C. The molecule has 11 nitrogen and oxygen atoms in total. The molecule has 0 bridgehead atoms. The van der Waals surface area contributed by atoms with E-state index in [1.807, 2.05) is 19.1 Å². The van der Waals surface area contributed by atoms with Crippen molar-refractivity contribution < 1.29 is 19.1 Å². The number of aryl methyl sites for hydroxylation is 1. The summed E-state index contributed by atoms with van der Waals surface area (Å²) >= 11 is 12.9. The average Bonchev–Trinajstić information content (AvgIpc) is 3.06. The second-order valence-electron chi connectivity index (χ2n) is 12.0. The number of methoxy groups -OCH3 is 2. The highest BCUT2D eigenvalue weighted by Gasteiger charge is 2.44. The van der Waals surface area contributed by atoms with Crippen LogP contribution in [0.4, 0.5) is 39.0 Å². The van der Waals surface area contributed by atoms with Crippen LogP contribution >= 0.6 is 23.2 Å². The van der Waals surface area contributed by atoms with Crippen LogP contribution in [0.25, 0.3) is 0 Å². The zero-order valence-electron chi connectivity index (χ0n) is 27.4. The number of piperidine rings is 1. The van der Waals surface area contributed by atoms with Crippen molar-refractivity contribution in [1.29, 1.82) is 0 Å². The number of likely N-dealkylation sites (tertiary alicyclic amines) is 1. The average molecular weight is 683 g/mol. The molecule has 0 unspecified atom stereocenters. The number of carbonyl (C=O) groups is 2. The minimum Gasteiger partial charge on any atom is -0.495 e. The van der Waals surface area contributed by atoms with Gasteiger partial charge < -0.3 is 35.2 Å². The Morgan fingerprint density at radius 3 is 2.28 bits per heavy atom. The number of urea groups is 1. The van der Waals surface area contributed by atoms with Gasteiger partial charge in [0.05, 0.1) is 31.3 Å². The molecule has 0 aliphatic carbocycles. The third-order valence-electron chi connectivity index (χ3n) is 9.04. The summed E-state index contributed by atoms with van der Waals surface area (Å²) in [4.78, 5) is 36.5. The molecule has 2 saturated heterocycles. The van der Waals surface area contributed by atoms with Crippen LogP contribution in [0.1, 0.15) is 25.3 Å². The Balaban J connectivity index is 1.35. The molecule has 3 heterocycles. The first-order valence-electron chi connectivity index (χ1n) is 15.4. The number of hydrogen-bond acceptors (Lipinski definition) is 8. The normalized spacial score (nSPS) is 15.4. The molecular formula is C34H41Cl2N7O4. The number of nitrogens with one attached hydrogen (secondary N) is 3. The lowest BCUT2D eigenvalue weighted by atomic mass is 9.71. The fraction of sp³-hybridized carbons (Fsp3) is 0.382.